The largest absolute Gasteiger partial charge is 0.503 e. The minimum atomic E-state index is -2.44. The number of rotatable bonds is 9. The Bertz CT molecular complexity index is 115. The van der Waals surface area contributed by atoms with E-state index in [1.165, 1.54) is 0 Å². The molecule has 0 aromatic carbocycles. The molecule has 0 fully saturated rings. The Morgan fingerprint density at radius 2 is 1.29 bits per heavy atom. The van der Waals surface area contributed by atoms with E-state index in [0.717, 1.165) is 6.04 Å². The molecule has 0 bridgehead atoms. The van der Waals surface area contributed by atoms with Crippen molar-refractivity contribution in [3.05, 3.63) is 0 Å². The van der Waals surface area contributed by atoms with Gasteiger partial charge < -0.3 is 18.0 Å². The van der Waals surface area contributed by atoms with Gasteiger partial charge in [0.2, 0.25) is 0 Å². The number of methoxy groups -OCH3 is 1. The topological polar surface area (TPSA) is 36.9 Å². The van der Waals surface area contributed by atoms with E-state index in [1.807, 2.05) is 20.8 Å². The van der Waals surface area contributed by atoms with Crippen LogP contribution in [0.4, 0.5) is 0 Å². The molecule has 5 heteroatoms. The molecule has 0 atom stereocenters. The lowest BCUT2D eigenvalue weighted by Crippen LogP contribution is -2.46. The second kappa shape index (κ2) is 8.37. The summed E-state index contributed by atoms with van der Waals surface area (Å²) in [6.45, 7) is 8.33. The van der Waals surface area contributed by atoms with Crippen LogP contribution in [0.25, 0.3) is 0 Å². The van der Waals surface area contributed by atoms with Crippen molar-refractivity contribution < 1.29 is 18.0 Å². The molecule has 0 N–H and O–H groups in total. The standard InChI is InChI=1S/C9H22O4Si/c1-5-11-14(12-6-2,13-7-3)9-8-10-4/h5-9H2,1-4H3. The SMILES string of the molecule is CCO[Si](CCOC)(OCC)OCC. The van der Waals surface area contributed by atoms with Crippen LogP contribution in [-0.2, 0) is 18.0 Å². The predicted molar refractivity (Wildman–Crippen MR) is 57.3 cm³/mol. The van der Waals surface area contributed by atoms with Crippen LogP contribution in [0.1, 0.15) is 20.8 Å². The lowest BCUT2D eigenvalue weighted by atomic mass is 10.9. The molecule has 0 aromatic rings. The van der Waals surface area contributed by atoms with Crippen molar-refractivity contribution in [1.29, 1.82) is 0 Å². The summed E-state index contributed by atoms with van der Waals surface area (Å²) in [5, 5.41) is 0. The van der Waals surface area contributed by atoms with E-state index < -0.39 is 8.80 Å². The first-order valence-electron chi connectivity index (χ1n) is 5.15. The average Bonchev–Trinajstić information content (AvgIpc) is 2.16. The first kappa shape index (κ1) is 14.1. The molecule has 0 spiro atoms. The van der Waals surface area contributed by atoms with Crippen LogP contribution in [0.3, 0.4) is 0 Å². The van der Waals surface area contributed by atoms with Crippen LogP contribution in [0.2, 0.25) is 6.04 Å². The van der Waals surface area contributed by atoms with Crippen LogP contribution in [0.15, 0.2) is 0 Å². The third-order valence-corrected chi connectivity index (χ3v) is 4.71. The Labute approximate surface area is 87.9 Å². The fourth-order valence-corrected chi connectivity index (χ4v) is 3.68. The van der Waals surface area contributed by atoms with Crippen LogP contribution in [0.5, 0.6) is 0 Å². The van der Waals surface area contributed by atoms with Gasteiger partial charge >= 0.3 is 8.80 Å². The summed E-state index contributed by atoms with van der Waals surface area (Å²) in [6.07, 6.45) is 0. The molecule has 86 valence electrons. The fraction of sp³-hybridized carbons (Fsp3) is 1.00. The van der Waals surface area contributed by atoms with Gasteiger partial charge in [-0.3, -0.25) is 0 Å². The molecule has 0 radical (unpaired) electrons. The van der Waals surface area contributed by atoms with Crippen molar-refractivity contribution in [3.63, 3.8) is 0 Å². The van der Waals surface area contributed by atoms with Gasteiger partial charge in [-0.25, -0.2) is 0 Å². The van der Waals surface area contributed by atoms with Crippen molar-refractivity contribution in [2.45, 2.75) is 26.8 Å². The summed E-state index contributed by atoms with van der Waals surface area (Å²) in [7, 11) is -0.772. The van der Waals surface area contributed by atoms with Crippen LogP contribution in [0, 0.1) is 0 Å². The fourth-order valence-electron chi connectivity index (χ4n) is 1.23. The second-order valence-electron chi connectivity index (χ2n) is 2.72. The predicted octanol–water partition coefficient (Wildman–Crippen LogP) is 1.68. The van der Waals surface area contributed by atoms with E-state index in [-0.39, 0.29) is 0 Å². The summed E-state index contributed by atoms with van der Waals surface area (Å²) < 4.78 is 21.9. The molecule has 4 nitrogen and oxygen atoms in total. The maximum absolute atomic E-state index is 5.63. The highest BCUT2D eigenvalue weighted by atomic mass is 28.4. The molecule has 0 unspecified atom stereocenters. The maximum atomic E-state index is 5.63. The van der Waals surface area contributed by atoms with Gasteiger partial charge in [-0.2, -0.15) is 0 Å². The molecule has 0 aromatic heterocycles. The molecular formula is C9H22O4Si. The Hall–Kier alpha value is 0.0569. The highest BCUT2D eigenvalue weighted by molar-refractivity contribution is 6.60. The van der Waals surface area contributed by atoms with E-state index >= 15 is 0 Å². The lowest BCUT2D eigenvalue weighted by Gasteiger charge is -2.28. The highest BCUT2D eigenvalue weighted by Gasteiger charge is 2.39. The Balaban J connectivity index is 4.21. The van der Waals surface area contributed by atoms with Crippen LogP contribution in [-0.4, -0.2) is 42.3 Å². The Morgan fingerprint density at radius 1 is 0.857 bits per heavy atom. The first-order chi connectivity index (χ1) is 6.74. The van der Waals surface area contributed by atoms with Gasteiger partial charge in [0, 0.05) is 33.0 Å². The molecular weight excluding hydrogens is 200 g/mol. The van der Waals surface area contributed by atoms with E-state index in [9.17, 15) is 0 Å². The van der Waals surface area contributed by atoms with Crippen molar-refractivity contribution in [1.82, 2.24) is 0 Å². The zero-order valence-corrected chi connectivity index (χ0v) is 10.7. The summed E-state index contributed by atoms with van der Waals surface area (Å²) in [5.74, 6) is 0. The van der Waals surface area contributed by atoms with Crippen LogP contribution >= 0.6 is 0 Å². The van der Waals surface area contributed by atoms with Crippen molar-refractivity contribution in [3.8, 4) is 0 Å². The quantitative estimate of drug-likeness (QED) is 0.556. The van der Waals surface area contributed by atoms with E-state index in [2.05, 4.69) is 0 Å². The van der Waals surface area contributed by atoms with Gasteiger partial charge in [0.15, 0.2) is 0 Å². The van der Waals surface area contributed by atoms with Gasteiger partial charge in [-0.05, 0) is 20.8 Å². The normalized spacial score (nSPS) is 12.0. The van der Waals surface area contributed by atoms with Gasteiger partial charge in [0.05, 0.1) is 6.61 Å². The number of hydrogen-bond acceptors (Lipinski definition) is 4. The molecule has 0 saturated carbocycles. The molecule has 0 rings (SSSR count). The Kier molecular flexibility index (Phi) is 8.41. The van der Waals surface area contributed by atoms with Crippen molar-refractivity contribution >= 4 is 8.80 Å². The molecule has 0 aliphatic carbocycles. The lowest BCUT2D eigenvalue weighted by molar-refractivity contribution is 0.0632. The second-order valence-corrected chi connectivity index (χ2v) is 5.46. The molecule has 0 aliphatic rings. The highest BCUT2D eigenvalue weighted by Crippen LogP contribution is 2.15. The molecule has 0 aliphatic heterocycles. The smallest absolute Gasteiger partial charge is 0.385 e. The number of hydrogen-bond donors (Lipinski definition) is 0. The minimum absolute atomic E-state index is 0.617. The zero-order chi connectivity index (χ0) is 10.9. The van der Waals surface area contributed by atoms with Crippen molar-refractivity contribution in [2.75, 3.05) is 33.5 Å². The monoisotopic (exact) mass is 222 g/mol. The maximum Gasteiger partial charge on any atom is 0.503 e. The number of ether oxygens (including phenoxy) is 1. The first-order valence-corrected chi connectivity index (χ1v) is 7.08. The summed E-state index contributed by atoms with van der Waals surface area (Å²) >= 11 is 0. The third-order valence-electron chi connectivity index (χ3n) is 1.71. The minimum Gasteiger partial charge on any atom is -0.385 e. The van der Waals surface area contributed by atoms with Crippen molar-refractivity contribution in [2.24, 2.45) is 0 Å². The summed E-state index contributed by atoms with van der Waals surface area (Å²) in [5.41, 5.74) is 0. The van der Waals surface area contributed by atoms with Gasteiger partial charge in [0.1, 0.15) is 0 Å². The van der Waals surface area contributed by atoms with E-state index in [4.69, 9.17) is 18.0 Å². The van der Waals surface area contributed by atoms with Gasteiger partial charge in [-0.15, -0.1) is 0 Å². The average molecular weight is 222 g/mol. The van der Waals surface area contributed by atoms with Crippen LogP contribution < -0.4 is 0 Å². The molecule has 14 heavy (non-hydrogen) atoms. The van der Waals surface area contributed by atoms with E-state index in [0.29, 0.717) is 26.4 Å². The van der Waals surface area contributed by atoms with Gasteiger partial charge in [-0.1, -0.05) is 0 Å². The molecule has 0 saturated heterocycles. The third kappa shape index (κ3) is 5.07. The molecule has 0 heterocycles. The van der Waals surface area contributed by atoms with E-state index in [1.54, 1.807) is 7.11 Å². The Morgan fingerprint density at radius 3 is 1.57 bits per heavy atom. The summed E-state index contributed by atoms with van der Waals surface area (Å²) in [4.78, 5) is 0. The van der Waals surface area contributed by atoms with Gasteiger partial charge in [0.25, 0.3) is 0 Å². The summed E-state index contributed by atoms with van der Waals surface area (Å²) in [6, 6.07) is 0.721. The molecule has 0 amide bonds. The zero-order valence-electron chi connectivity index (χ0n) is 9.67.